The van der Waals surface area contributed by atoms with E-state index >= 15 is 0 Å². The molecular weight excluding hydrogens is 276 g/mol. The quantitative estimate of drug-likeness (QED) is 0.666. The van der Waals surface area contributed by atoms with Crippen LogP contribution in [0.5, 0.6) is 6.01 Å². The summed E-state index contributed by atoms with van der Waals surface area (Å²) in [6.45, 7) is 2.23. The molecule has 0 aliphatic rings. The maximum atomic E-state index is 12.0. The van der Waals surface area contributed by atoms with Gasteiger partial charge in [-0.1, -0.05) is 12.1 Å². The number of hydrogen-bond acceptors (Lipinski definition) is 6. The van der Waals surface area contributed by atoms with Crippen LogP contribution in [0, 0.1) is 10.1 Å². The first-order chi connectivity index (χ1) is 10.1. The van der Waals surface area contributed by atoms with Gasteiger partial charge in [0.25, 0.3) is 11.6 Å². The number of ether oxygens (including phenoxy) is 1. The second-order valence-electron chi connectivity index (χ2n) is 3.92. The zero-order chi connectivity index (χ0) is 15.2. The molecule has 0 aliphatic heterocycles. The van der Waals surface area contributed by atoms with Crippen molar-refractivity contribution in [1.29, 1.82) is 0 Å². The minimum Gasteiger partial charge on any atom is -0.464 e. The highest BCUT2D eigenvalue weighted by molar-refractivity contribution is 6.06. The summed E-state index contributed by atoms with van der Waals surface area (Å²) in [7, 11) is 0. The van der Waals surface area contributed by atoms with E-state index in [4.69, 9.17) is 4.74 Å². The normalized spacial score (nSPS) is 9.95. The van der Waals surface area contributed by atoms with Crippen molar-refractivity contribution in [2.45, 2.75) is 6.92 Å². The standard InChI is InChI=1S/C13H12N4O4/c1-2-21-13-14-7-9(8-15-13)16-12(18)10-5-3-4-6-11(10)17(19)20/h3-8H,2H2,1H3,(H,16,18). The molecule has 0 radical (unpaired) electrons. The lowest BCUT2D eigenvalue weighted by atomic mass is 10.1. The van der Waals surface area contributed by atoms with Gasteiger partial charge in [0.2, 0.25) is 0 Å². The Kier molecular flexibility index (Phi) is 4.39. The van der Waals surface area contributed by atoms with Gasteiger partial charge in [0, 0.05) is 6.07 Å². The van der Waals surface area contributed by atoms with Crippen molar-refractivity contribution in [2.24, 2.45) is 0 Å². The fraction of sp³-hybridized carbons (Fsp3) is 0.154. The molecule has 0 aliphatic carbocycles. The van der Waals surface area contributed by atoms with Gasteiger partial charge < -0.3 is 10.1 Å². The summed E-state index contributed by atoms with van der Waals surface area (Å²) < 4.78 is 5.08. The summed E-state index contributed by atoms with van der Waals surface area (Å²) in [6, 6.07) is 5.89. The highest BCUT2D eigenvalue weighted by Crippen LogP contribution is 2.19. The first kappa shape index (κ1) is 14.4. The highest BCUT2D eigenvalue weighted by Gasteiger charge is 2.19. The fourth-order valence-corrected chi connectivity index (χ4v) is 1.61. The van der Waals surface area contributed by atoms with E-state index in [1.165, 1.54) is 30.6 Å². The largest absolute Gasteiger partial charge is 0.464 e. The third-order valence-corrected chi connectivity index (χ3v) is 2.50. The molecule has 108 valence electrons. The number of nitrogens with one attached hydrogen (secondary N) is 1. The average molecular weight is 288 g/mol. The van der Waals surface area contributed by atoms with Gasteiger partial charge in [0.05, 0.1) is 29.6 Å². The molecule has 0 atom stereocenters. The van der Waals surface area contributed by atoms with Crippen LogP contribution in [-0.4, -0.2) is 27.4 Å². The molecule has 2 rings (SSSR count). The lowest BCUT2D eigenvalue weighted by Crippen LogP contribution is -2.14. The van der Waals surface area contributed by atoms with E-state index in [1.807, 2.05) is 0 Å². The van der Waals surface area contributed by atoms with Crippen LogP contribution in [0.25, 0.3) is 0 Å². The summed E-state index contributed by atoms with van der Waals surface area (Å²) in [5.41, 5.74) is 0.0276. The zero-order valence-corrected chi connectivity index (χ0v) is 11.1. The Morgan fingerprint density at radius 3 is 2.62 bits per heavy atom. The van der Waals surface area contributed by atoms with Crippen molar-refractivity contribution in [1.82, 2.24) is 9.97 Å². The molecular formula is C13H12N4O4. The van der Waals surface area contributed by atoms with Crippen LogP contribution in [-0.2, 0) is 0 Å². The topological polar surface area (TPSA) is 107 Å². The monoisotopic (exact) mass is 288 g/mol. The van der Waals surface area contributed by atoms with Crippen molar-refractivity contribution in [3.8, 4) is 6.01 Å². The molecule has 1 aromatic carbocycles. The zero-order valence-electron chi connectivity index (χ0n) is 11.1. The van der Waals surface area contributed by atoms with Crippen LogP contribution in [0.15, 0.2) is 36.7 Å². The number of benzene rings is 1. The molecule has 0 unspecified atom stereocenters. The van der Waals surface area contributed by atoms with Gasteiger partial charge in [-0.15, -0.1) is 0 Å². The molecule has 0 fully saturated rings. The van der Waals surface area contributed by atoms with Gasteiger partial charge in [-0.25, -0.2) is 9.97 Å². The van der Waals surface area contributed by atoms with E-state index < -0.39 is 10.8 Å². The molecule has 1 aromatic heterocycles. The second kappa shape index (κ2) is 6.42. The minimum atomic E-state index is -0.608. The van der Waals surface area contributed by atoms with E-state index in [0.717, 1.165) is 0 Å². The number of aromatic nitrogens is 2. The molecule has 0 saturated carbocycles. The van der Waals surface area contributed by atoms with Crippen LogP contribution in [0.2, 0.25) is 0 Å². The van der Waals surface area contributed by atoms with Gasteiger partial charge in [-0.2, -0.15) is 0 Å². The lowest BCUT2D eigenvalue weighted by Gasteiger charge is -2.06. The molecule has 2 aromatic rings. The van der Waals surface area contributed by atoms with Crippen LogP contribution in [0.4, 0.5) is 11.4 Å². The van der Waals surface area contributed by atoms with E-state index in [2.05, 4.69) is 15.3 Å². The van der Waals surface area contributed by atoms with E-state index in [-0.39, 0.29) is 17.3 Å². The molecule has 21 heavy (non-hydrogen) atoms. The van der Waals surface area contributed by atoms with Crippen molar-refractivity contribution >= 4 is 17.3 Å². The SMILES string of the molecule is CCOc1ncc(NC(=O)c2ccccc2[N+](=O)[O-])cn1. The molecule has 1 amide bonds. The van der Waals surface area contributed by atoms with Gasteiger partial charge in [0.1, 0.15) is 5.56 Å². The number of hydrogen-bond donors (Lipinski definition) is 1. The predicted molar refractivity (Wildman–Crippen MR) is 74.3 cm³/mol. The lowest BCUT2D eigenvalue weighted by molar-refractivity contribution is -0.385. The smallest absolute Gasteiger partial charge is 0.316 e. The number of carbonyl (C=O) groups is 1. The third-order valence-electron chi connectivity index (χ3n) is 2.50. The van der Waals surface area contributed by atoms with Gasteiger partial charge in [0.15, 0.2) is 0 Å². The number of nitrogens with zero attached hydrogens (tertiary/aromatic N) is 3. The molecule has 1 N–H and O–H groups in total. The molecule has 1 heterocycles. The first-order valence-corrected chi connectivity index (χ1v) is 6.11. The van der Waals surface area contributed by atoms with Crippen molar-refractivity contribution < 1.29 is 14.5 Å². The maximum absolute atomic E-state index is 12.0. The van der Waals surface area contributed by atoms with Gasteiger partial charge >= 0.3 is 6.01 Å². The Morgan fingerprint density at radius 1 is 1.33 bits per heavy atom. The Morgan fingerprint density at radius 2 is 2.00 bits per heavy atom. The number of anilines is 1. The summed E-state index contributed by atoms with van der Waals surface area (Å²) in [5.74, 6) is -0.602. The van der Waals surface area contributed by atoms with E-state index in [9.17, 15) is 14.9 Å². The second-order valence-corrected chi connectivity index (χ2v) is 3.92. The van der Waals surface area contributed by atoms with Crippen molar-refractivity contribution in [2.75, 3.05) is 11.9 Å². The van der Waals surface area contributed by atoms with E-state index in [1.54, 1.807) is 13.0 Å². The Balaban J connectivity index is 2.16. The predicted octanol–water partition coefficient (Wildman–Crippen LogP) is 2.04. The van der Waals surface area contributed by atoms with Crippen LogP contribution in [0.1, 0.15) is 17.3 Å². The number of nitro groups is 1. The summed E-state index contributed by atoms with van der Waals surface area (Å²) in [4.78, 5) is 30.1. The highest BCUT2D eigenvalue weighted by atomic mass is 16.6. The molecule has 0 spiro atoms. The molecule has 8 nitrogen and oxygen atoms in total. The Hall–Kier alpha value is -3.03. The third kappa shape index (κ3) is 3.50. The number of nitro benzene ring substituents is 1. The van der Waals surface area contributed by atoms with Crippen molar-refractivity contribution in [3.05, 3.63) is 52.3 Å². The number of rotatable bonds is 5. The van der Waals surface area contributed by atoms with Crippen LogP contribution < -0.4 is 10.1 Å². The number of para-hydroxylation sites is 1. The number of carbonyl (C=O) groups excluding carboxylic acids is 1. The molecule has 8 heteroatoms. The average Bonchev–Trinajstić information content (AvgIpc) is 2.49. The summed E-state index contributed by atoms with van der Waals surface area (Å²) in [5, 5.41) is 13.4. The Bertz CT molecular complexity index is 657. The minimum absolute atomic E-state index is 0.0311. The van der Waals surface area contributed by atoms with Gasteiger partial charge in [-0.3, -0.25) is 14.9 Å². The maximum Gasteiger partial charge on any atom is 0.316 e. The molecule has 0 saturated heterocycles. The fourth-order valence-electron chi connectivity index (χ4n) is 1.61. The number of amides is 1. The first-order valence-electron chi connectivity index (χ1n) is 6.11. The van der Waals surface area contributed by atoms with Crippen molar-refractivity contribution in [3.63, 3.8) is 0 Å². The van der Waals surface area contributed by atoms with E-state index in [0.29, 0.717) is 12.3 Å². The van der Waals surface area contributed by atoms with Crippen LogP contribution >= 0.6 is 0 Å². The Labute approximate surface area is 120 Å². The molecule has 0 bridgehead atoms. The summed E-state index contributed by atoms with van der Waals surface area (Å²) in [6.07, 6.45) is 2.73. The summed E-state index contributed by atoms with van der Waals surface area (Å²) >= 11 is 0. The van der Waals surface area contributed by atoms with Crippen LogP contribution in [0.3, 0.4) is 0 Å². The van der Waals surface area contributed by atoms with Gasteiger partial charge in [-0.05, 0) is 13.0 Å².